The second-order valence-corrected chi connectivity index (χ2v) is 5.85. The lowest BCUT2D eigenvalue weighted by molar-refractivity contribution is -0.387. The van der Waals surface area contributed by atoms with Gasteiger partial charge in [0, 0.05) is 11.9 Å². The summed E-state index contributed by atoms with van der Waals surface area (Å²) in [6.07, 6.45) is 0.690. The van der Waals surface area contributed by atoms with E-state index in [0.29, 0.717) is 6.61 Å². The first-order chi connectivity index (χ1) is 9.93. The van der Waals surface area contributed by atoms with Crippen molar-refractivity contribution in [2.45, 2.75) is 29.6 Å². The summed E-state index contributed by atoms with van der Waals surface area (Å²) in [5.41, 5.74) is -0.665. The fourth-order valence-corrected chi connectivity index (χ4v) is 3.33. The van der Waals surface area contributed by atoms with Gasteiger partial charge in [-0.3, -0.25) is 10.1 Å². The molecule has 0 bridgehead atoms. The molecule has 1 fully saturated rings. The molecule has 2 unspecified atom stereocenters. The normalized spacial score (nSPS) is 21.3. The molecule has 8 heteroatoms. The molecule has 0 amide bonds. The average molecular weight is 315 g/mol. The van der Waals surface area contributed by atoms with Gasteiger partial charge in [0.2, 0.25) is 0 Å². The Labute approximate surface area is 124 Å². The van der Waals surface area contributed by atoms with Crippen molar-refractivity contribution < 1.29 is 23.6 Å². The number of carbonyl (C=O) groups excluding carboxylic acids is 1. The topological polar surface area (TPSA) is 78.7 Å². The summed E-state index contributed by atoms with van der Waals surface area (Å²) < 4.78 is 23.7. The van der Waals surface area contributed by atoms with E-state index in [0.717, 1.165) is 19.6 Å². The third-order valence-electron chi connectivity index (χ3n) is 3.24. The van der Waals surface area contributed by atoms with Crippen LogP contribution in [0.5, 0.6) is 0 Å². The Morgan fingerprint density at radius 1 is 1.57 bits per heavy atom. The van der Waals surface area contributed by atoms with E-state index in [-0.39, 0.29) is 27.5 Å². The van der Waals surface area contributed by atoms with Gasteiger partial charge in [-0.25, -0.2) is 9.18 Å². The van der Waals surface area contributed by atoms with E-state index < -0.39 is 16.7 Å². The van der Waals surface area contributed by atoms with Crippen molar-refractivity contribution in [3.05, 3.63) is 33.6 Å². The smallest absolute Gasteiger partial charge is 0.340 e. The van der Waals surface area contributed by atoms with Gasteiger partial charge in [0.15, 0.2) is 0 Å². The standard InChI is InChI=1S/C13H14FNO5S/c1-7-11(3-4-20-7)21-12-5-8(13(16)19-2)9(14)6-10(12)15(17)18/h5-7,11H,3-4H2,1-2H3. The predicted octanol–water partition coefficient (Wildman–Crippen LogP) is 2.79. The quantitative estimate of drug-likeness (QED) is 0.483. The zero-order valence-corrected chi connectivity index (χ0v) is 12.3. The lowest BCUT2D eigenvalue weighted by atomic mass is 10.2. The third kappa shape index (κ3) is 3.33. The van der Waals surface area contributed by atoms with Crippen molar-refractivity contribution in [2.24, 2.45) is 0 Å². The van der Waals surface area contributed by atoms with Crippen molar-refractivity contribution in [2.75, 3.05) is 13.7 Å². The van der Waals surface area contributed by atoms with Gasteiger partial charge >= 0.3 is 5.97 Å². The van der Waals surface area contributed by atoms with E-state index in [1.165, 1.54) is 17.8 Å². The number of nitrogens with zero attached hydrogens (tertiary/aromatic N) is 1. The number of nitro benzene ring substituents is 1. The molecule has 0 aliphatic carbocycles. The number of halogens is 1. The number of hydrogen-bond donors (Lipinski definition) is 0. The highest BCUT2D eigenvalue weighted by Gasteiger charge is 2.30. The molecule has 0 N–H and O–H groups in total. The Kier molecular flexibility index (Phi) is 4.79. The molecule has 2 rings (SSSR count). The second-order valence-electron chi connectivity index (χ2n) is 4.57. The number of ether oxygens (including phenoxy) is 2. The summed E-state index contributed by atoms with van der Waals surface area (Å²) in [5.74, 6) is -1.83. The number of esters is 1. The van der Waals surface area contributed by atoms with Crippen LogP contribution < -0.4 is 0 Å². The first-order valence-corrected chi connectivity index (χ1v) is 7.16. The molecule has 1 saturated heterocycles. The van der Waals surface area contributed by atoms with E-state index >= 15 is 0 Å². The van der Waals surface area contributed by atoms with E-state index in [4.69, 9.17) is 4.74 Å². The molecular weight excluding hydrogens is 301 g/mol. The molecule has 2 atom stereocenters. The van der Waals surface area contributed by atoms with E-state index in [1.807, 2.05) is 6.92 Å². The highest BCUT2D eigenvalue weighted by atomic mass is 32.2. The van der Waals surface area contributed by atoms with Crippen molar-refractivity contribution in [1.29, 1.82) is 0 Å². The van der Waals surface area contributed by atoms with Crippen molar-refractivity contribution in [3.8, 4) is 0 Å². The maximum Gasteiger partial charge on any atom is 0.340 e. The number of methoxy groups -OCH3 is 1. The Bertz CT molecular complexity index is 580. The molecule has 1 heterocycles. The first-order valence-electron chi connectivity index (χ1n) is 6.28. The molecule has 21 heavy (non-hydrogen) atoms. The van der Waals surface area contributed by atoms with Crippen LogP contribution >= 0.6 is 11.8 Å². The monoisotopic (exact) mass is 315 g/mol. The van der Waals surface area contributed by atoms with E-state index in [9.17, 15) is 19.3 Å². The van der Waals surface area contributed by atoms with Crippen LogP contribution in [0, 0.1) is 15.9 Å². The highest BCUT2D eigenvalue weighted by Crippen LogP contribution is 2.38. The van der Waals surface area contributed by atoms with Crippen molar-refractivity contribution >= 4 is 23.4 Å². The maximum atomic E-state index is 13.8. The zero-order chi connectivity index (χ0) is 15.6. The van der Waals surface area contributed by atoms with Gasteiger partial charge in [0.1, 0.15) is 5.82 Å². The first kappa shape index (κ1) is 15.7. The summed E-state index contributed by atoms with van der Waals surface area (Å²) in [7, 11) is 1.13. The number of carbonyl (C=O) groups is 1. The van der Waals surface area contributed by atoms with Crippen LogP contribution in [0.15, 0.2) is 17.0 Å². The van der Waals surface area contributed by atoms with Crippen LogP contribution in [0.25, 0.3) is 0 Å². The minimum Gasteiger partial charge on any atom is -0.465 e. The van der Waals surface area contributed by atoms with Crippen molar-refractivity contribution in [1.82, 2.24) is 0 Å². The average Bonchev–Trinajstić information content (AvgIpc) is 2.84. The number of benzene rings is 1. The number of thioether (sulfide) groups is 1. The fraction of sp³-hybridized carbons (Fsp3) is 0.462. The number of rotatable bonds is 4. The molecule has 1 aliphatic rings. The van der Waals surface area contributed by atoms with Gasteiger partial charge in [0.25, 0.3) is 5.69 Å². The molecule has 0 aromatic heterocycles. The molecule has 0 radical (unpaired) electrons. The number of hydrogen-bond acceptors (Lipinski definition) is 6. The zero-order valence-electron chi connectivity index (χ0n) is 11.5. The molecular formula is C13H14FNO5S. The van der Waals surface area contributed by atoms with E-state index in [1.54, 1.807) is 0 Å². The maximum absolute atomic E-state index is 13.8. The van der Waals surface area contributed by atoms with Crippen LogP contribution in [0.1, 0.15) is 23.7 Å². The van der Waals surface area contributed by atoms with Crippen LogP contribution in [0.2, 0.25) is 0 Å². The summed E-state index contributed by atoms with van der Waals surface area (Å²) in [5, 5.41) is 11.1. The van der Waals surface area contributed by atoms with Gasteiger partial charge in [-0.2, -0.15) is 0 Å². The minimum atomic E-state index is -0.964. The summed E-state index contributed by atoms with van der Waals surface area (Å²) in [6.45, 7) is 2.46. The van der Waals surface area contributed by atoms with Crippen LogP contribution in [-0.2, 0) is 9.47 Å². The van der Waals surface area contributed by atoms with Crippen LogP contribution in [0.3, 0.4) is 0 Å². The third-order valence-corrected chi connectivity index (χ3v) is 4.74. The van der Waals surface area contributed by atoms with Gasteiger partial charge in [0.05, 0.1) is 34.7 Å². The Balaban J connectivity index is 2.40. The number of nitro groups is 1. The second kappa shape index (κ2) is 6.40. The largest absolute Gasteiger partial charge is 0.465 e. The molecule has 1 aromatic rings. The lowest BCUT2D eigenvalue weighted by Gasteiger charge is -2.14. The van der Waals surface area contributed by atoms with Gasteiger partial charge in [-0.1, -0.05) is 0 Å². The molecule has 0 spiro atoms. The Hall–Kier alpha value is -1.67. The lowest BCUT2D eigenvalue weighted by Crippen LogP contribution is -2.14. The van der Waals surface area contributed by atoms with Gasteiger partial charge in [-0.05, 0) is 19.4 Å². The van der Waals surface area contributed by atoms with Crippen molar-refractivity contribution in [3.63, 3.8) is 0 Å². The van der Waals surface area contributed by atoms with Crippen LogP contribution in [0.4, 0.5) is 10.1 Å². The molecule has 114 valence electrons. The fourth-order valence-electron chi connectivity index (χ4n) is 2.08. The SMILES string of the molecule is COC(=O)c1cc(SC2CCOC2C)c([N+](=O)[O-])cc1F. The van der Waals surface area contributed by atoms with Gasteiger partial charge in [-0.15, -0.1) is 11.8 Å². The summed E-state index contributed by atoms with van der Waals surface area (Å²) in [6, 6.07) is 1.93. The minimum absolute atomic E-state index is 0.0275. The highest BCUT2D eigenvalue weighted by molar-refractivity contribution is 8.00. The Morgan fingerprint density at radius 2 is 2.29 bits per heavy atom. The van der Waals surface area contributed by atoms with Gasteiger partial charge < -0.3 is 9.47 Å². The molecule has 1 aliphatic heterocycles. The molecule has 0 saturated carbocycles. The molecule has 1 aromatic carbocycles. The summed E-state index contributed by atoms with van der Waals surface area (Å²) in [4.78, 5) is 22.1. The molecule has 6 nitrogen and oxygen atoms in total. The predicted molar refractivity (Wildman–Crippen MR) is 74.1 cm³/mol. The Morgan fingerprint density at radius 3 is 2.81 bits per heavy atom. The van der Waals surface area contributed by atoms with Crippen LogP contribution in [-0.4, -0.2) is 36.0 Å². The summed E-state index contributed by atoms with van der Waals surface area (Å²) >= 11 is 1.22. The van der Waals surface area contributed by atoms with E-state index in [2.05, 4.69) is 4.74 Å².